The van der Waals surface area contributed by atoms with Crippen molar-refractivity contribution >= 4 is 56.2 Å². The number of hydrogen-bond acceptors (Lipinski definition) is 6. The number of rotatable bonds is 5. The lowest BCUT2D eigenvalue weighted by molar-refractivity contribution is 0.0748. The van der Waals surface area contributed by atoms with Crippen molar-refractivity contribution < 1.29 is 9.59 Å². The number of urea groups is 1. The van der Waals surface area contributed by atoms with Crippen LogP contribution >= 0.6 is 11.3 Å². The molecule has 0 bridgehead atoms. The zero-order valence-electron chi connectivity index (χ0n) is 22.6. The fraction of sp³-hybridized carbons (Fsp3) is 0.156. The largest absolute Gasteiger partial charge is 0.383 e. The summed E-state index contributed by atoms with van der Waals surface area (Å²) < 4.78 is 0.836. The zero-order chi connectivity index (χ0) is 28.3. The third-order valence-electron chi connectivity index (χ3n) is 7.27. The number of nitrogen functional groups attached to an aromatic ring is 1. The number of pyridine rings is 1. The minimum atomic E-state index is -0.314. The topological polar surface area (TPSA) is 104 Å². The van der Waals surface area contributed by atoms with Crippen molar-refractivity contribution in [3.05, 3.63) is 102 Å². The molecule has 0 saturated carbocycles. The Kier molecular flexibility index (Phi) is 7.26. The third kappa shape index (κ3) is 5.57. The Bertz CT molecular complexity index is 1710. The number of anilines is 4. The minimum Gasteiger partial charge on any atom is -0.383 e. The SMILES string of the molecule is Cc1cccc(NC(=O)Nc2ccc(-c3csc4c(C(=O)N5CCN(c6ccccc6)CC5)cnc(N)c34)cc2)c1. The van der Waals surface area contributed by atoms with E-state index in [9.17, 15) is 9.59 Å². The monoisotopic (exact) mass is 562 g/mol. The number of carbonyl (C=O) groups excluding carboxylic acids is 2. The standard InChI is InChI=1S/C32H30N6O2S/c1-21-6-5-7-24(18-21)36-32(40)35-23-12-10-22(11-13-23)27-20-41-29-26(19-34-30(33)28(27)29)31(39)38-16-14-37(15-17-38)25-8-3-2-4-9-25/h2-13,18-20H,14-17H2,1H3,(H2,33,34)(H2,35,36,40). The number of para-hydroxylation sites is 1. The summed E-state index contributed by atoms with van der Waals surface area (Å²) in [6.45, 7) is 4.82. The quantitative estimate of drug-likeness (QED) is 0.228. The van der Waals surface area contributed by atoms with E-state index in [1.807, 2.05) is 83.9 Å². The van der Waals surface area contributed by atoms with Gasteiger partial charge in [-0.25, -0.2) is 9.78 Å². The number of aromatic nitrogens is 1. The molecule has 0 atom stereocenters. The molecule has 0 spiro atoms. The van der Waals surface area contributed by atoms with Crippen LogP contribution in [0.25, 0.3) is 21.2 Å². The Morgan fingerprint density at radius 3 is 2.34 bits per heavy atom. The van der Waals surface area contributed by atoms with Crippen LogP contribution in [0, 0.1) is 6.92 Å². The van der Waals surface area contributed by atoms with Gasteiger partial charge < -0.3 is 26.2 Å². The molecule has 6 rings (SSSR count). The molecule has 9 heteroatoms. The van der Waals surface area contributed by atoms with E-state index in [0.29, 0.717) is 30.2 Å². The van der Waals surface area contributed by atoms with Crippen LogP contribution in [0.3, 0.4) is 0 Å². The fourth-order valence-corrected chi connectivity index (χ4v) is 6.25. The van der Waals surface area contributed by atoms with E-state index in [1.165, 1.54) is 17.0 Å². The molecule has 0 radical (unpaired) electrons. The predicted molar refractivity (Wildman–Crippen MR) is 168 cm³/mol. The lowest BCUT2D eigenvalue weighted by Gasteiger charge is -2.36. The number of carbonyl (C=O) groups is 2. The van der Waals surface area contributed by atoms with Gasteiger partial charge in [0.25, 0.3) is 5.91 Å². The first-order chi connectivity index (χ1) is 20.0. The molecule has 1 aliphatic heterocycles. The van der Waals surface area contributed by atoms with Crippen LogP contribution in [0.2, 0.25) is 0 Å². The number of hydrogen-bond donors (Lipinski definition) is 3. The van der Waals surface area contributed by atoms with Crippen LogP contribution < -0.4 is 21.3 Å². The summed E-state index contributed by atoms with van der Waals surface area (Å²) >= 11 is 1.50. The molecule has 5 aromatic rings. The van der Waals surface area contributed by atoms with Crippen LogP contribution in [-0.4, -0.2) is 48.0 Å². The molecule has 1 saturated heterocycles. The molecule has 4 N–H and O–H groups in total. The molecular formula is C32H30N6O2S. The Labute approximate surface area is 242 Å². The van der Waals surface area contributed by atoms with Gasteiger partial charge in [-0.1, -0.05) is 42.5 Å². The first-order valence-electron chi connectivity index (χ1n) is 13.5. The van der Waals surface area contributed by atoms with Crippen LogP contribution in [0.15, 0.2) is 90.4 Å². The molecule has 8 nitrogen and oxygen atoms in total. The maximum atomic E-state index is 13.6. The van der Waals surface area contributed by atoms with Gasteiger partial charge in [-0.3, -0.25) is 4.79 Å². The van der Waals surface area contributed by atoms with Crippen molar-refractivity contribution in [2.75, 3.05) is 47.4 Å². The maximum absolute atomic E-state index is 13.6. The van der Waals surface area contributed by atoms with E-state index in [1.54, 1.807) is 6.20 Å². The average Bonchev–Trinajstić information content (AvgIpc) is 3.44. The Morgan fingerprint density at radius 1 is 0.878 bits per heavy atom. The Hall–Kier alpha value is -4.89. The highest BCUT2D eigenvalue weighted by atomic mass is 32.1. The summed E-state index contributed by atoms with van der Waals surface area (Å²) in [6.07, 6.45) is 1.60. The molecule has 1 aliphatic rings. The van der Waals surface area contributed by atoms with E-state index < -0.39 is 0 Å². The smallest absolute Gasteiger partial charge is 0.323 e. The summed E-state index contributed by atoms with van der Waals surface area (Å²) in [5.74, 6) is 0.365. The number of piperazine rings is 1. The summed E-state index contributed by atoms with van der Waals surface area (Å²) in [6, 6.07) is 25.1. The average molecular weight is 563 g/mol. The van der Waals surface area contributed by atoms with Gasteiger partial charge in [0.05, 0.1) is 10.3 Å². The fourth-order valence-electron chi connectivity index (χ4n) is 5.16. The lowest BCUT2D eigenvalue weighted by atomic mass is 10.0. The summed E-state index contributed by atoms with van der Waals surface area (Å²) in [5.41, 5.74) is 12.4. The molecule has 3 aromatic carbocycles. The molecule has 41 heavy (non-hydrogen) atoms. The summed E-state index contributed by atoms with van der Waals surface area (Å²) in [5, 5.41) is 8.51. The molecule has 3 amide bonds. The summed E-state index contributed by atoms with van der Waals surface area (Å²) in [7, 11) is 0. The zero-order valence-corrected chi connectivity index (χ0v) is 23.4. The van der Waals surface area contributed by atoms with Gasteiger partial charge in [0.1, 0.15) is 5.82 Å². The maximum Gasteiger partial charge on any atom is 0.323 e. The number of amides is 3. The number of nitrogens with two attached hydrogens (primary N) is 1. The second-order valence-corrected chi connectivity index (χ2v) is 10.9. The number of fused-ring (bicyclic) bond motifs is 1. The number of thiophene rings is 1. The highest BCUT2D eigenvalue weighted by Crippen LogP contribution is 2.39. The normalized spacial score (nSPS) is 13.3. The van der Waals surface area contributed by atoms with Gasteiger partial charge >= 0.3 is 6.03 Å². The van der Waals surface area contributed by atoms with Gasteiger partial charge in [-0.15, -0.1) is 11.3 Å². The minimum absolute atomic E-state index is 0.0252. The van der Waals surface area contributed by atoms with Crippen molar-refractivity contribution in [2.24, 2.45) is 0 Å². The highest BCUT2D eigenvalue weighted by Gasteiger charge is 2.26. The van der Waals surface area contributed by atoms with Crippen LogP contribution in [0.5, 0.6) is 0 Å². The van der Waals surface area contributed by atoms with Crippen LogP contribution in [-0.2, 0) is 0 Å². The highest BCUT2D eigenvalue weighted by molar-refractivity contribution is 7.18. The van der Waals surface area contributed by atoms with Crippen molar-refractivity contribution in [1.82, 2.24) is 9.88 Å². The molecular weight excluding hydrogens is 532 g/mol. The molecule has 0 unspecified atom stereocenters. The molecule has 1 fully saturated rings. The van der Waals surface area contributed by atoms with Crippen LogP contribution in [0.1, 0.15) is 15.9 Å². The molecule has 206 valence electrons. The van der Waals surface area contributed by atoms with Gasteiger partial charge in [0.2, 0.25) is 0 Å². The number of nitrogens with one attached hydrogen (secondary N) is 2. The third-order valence-corrected chi connectivity index (χ3v) is 8.29. The number of aryl methyl sites for hydroxylation is 1. The second-order valence-electron chi connectivity index (χ2n) is 10.1. The number of nitrogens with zero attached hydrogens (tertiary/aromatic N) is 3. The van der Waals surface area contributed by atoms with E-state index in [0.717, 1.165) is 45.6 Å². The molecule has 3 heterocycles. The Morgan fingerprint density at radius 2 is 1.61 bits per heavy atom. The van der Waals surface area contributed by atoms with E-state index >= 15 is 0 Å². The van der Waals surface area contributed by atoms with Crippen molar-refractivity contribution in [3.8, 4) is 11.1 Å². The van der Waals surface area contributed by atoms with Gasteiger partial charge in [-0.05, 0) is 59.8 Å². The van der Waals surface area contributed by atoms with E-state index in [4.69, 9.17) is 5.73 Å². The predicted octanol–water partition coefficient (Wildman–Crippen LogP) is 6.46. The van der Waals surface area contributed by atoms with E-state index in [2.05, 4.69) is 32.7 Å². The van der Waals surface area contributed by atoms with Gasteiger partial charge in [0, 0.05) is 60.4 Å². The second kappa shape index (κ2) is 11.3. The first kappa shape index (κ1) is 26.3. The Balaban J connectivity index is 1.17. The van der Waals surface area contributed by atoms with Gasteiger partial charge in [-0.2, -0.15) is 0 Å². The van der Waals surface area contributed by atoms with Gasteiger partial charge in [0.15, 0.2) is 0 Å². The van der Waals surface area contributed by atoms with Crippen LogP contribution in [0.4, 0.5) is 27.7 Å². The lowest BCUT2D eigenvalue weighted by Crippen LogP contribution is -2.48. The molecule has 2 aromatic heterocycles. The van der Waals surface area contributed by atoms with Crippen molar-refractivity contribution in [2.45, 2.75) is 6.92 Å². The van der Waals surface area contributed by atoms with E-state index in [-0.39, 0.29) is 11.9 Å². The summed E-state index contributed by atoms with van der Waals surface area (Å²) in [4.78, 5) is 34.7. The molecule has 0 aliphatic carbocycles. The number of benzene rings is 3. The first-order valence-corrected chi connectivity index (χ1v) is 14.3. The van der Waals surface area contributed by atoms with Crippen molar-refractivity contribution in [1.29, 1.82) is 0 Å². The van der Waals surface area contributed by atoms with Crippen molar-refractivity contribution in [3.63, 3.8) is 0 Å².